The number of esters is 1. The van der Waals surface area contributed by atoms with Gasteiger partial charge in [-0.3, -0.25) is 4.90 Å². The third-order valence-electron chi connectivity index (χ3n) is 8.54. The molecule has 5 rings (SSSR count). The fraction of sp³-hybridized carbons (Fsp3) is 0.316. The Morgan fingerprint density at radius 1 is 0.894 bits per heavy atom. The highest BCUT2D eigenvalue weighted by atomic mass is 16.7. The lowest BCUT2D eigenvalue weighted by atomic mass is 9.99. The van der Waals surface area contributed by atoms with Crippen molar-refractivity contribution in [3.8, 4) is 0 Å². The summed E-state index contributed by atoms with van der Waals surface area (Å²) in [7, 11) is 3.40. The molecular formula is C38H43N3O6. The smallest absolute Gasteiger partial charge is 0.328 e. The van der Waals surface area contributed by atoms with E-state index in [9.17, 15) is 14.7 Å². The van der Waals surface area contributed by atoms with Crippen LogP contribution in [-0.2, 0) is 32.0 Å². The average Bonchev–Trinajstić information content (AvgIpc) is 3.11. The molecule has 246 valence electrons. The Morgan fingerprint density at radius 2 is 1.60 bits per heavy atom. The molecule has 0 unspecified atom stereocenters. The standard InChI is InChI=1S/C38H43N3O6/c1-26(29-13-8-5-9-14-29)41(2)24-33-23-35(30-19-17-28(25-42)18-20-30)47-37(46-33)31-15-10-16-32(22-31)39-38(44)40-34(36(43)45-3)21-27-11-6-4-7-12-27/h4-20,22,26,33-35,37,42H,21,23-25H2,1-3H3,(H2,39,40,44)/t26-,33-,34-,35+,37+/m0/s1. The van der Waals surface area contributed by atoms with Crippen molar-refractivity contribution < 1.29 is 28.9 Å². The SMILES string of the molecule is COC(=O)[C@H](Cc1ccccc1)NC(=O)Nc1cccc([C@@H]2O[C@H](CN(C)[C@@H](C)c3ccccc3)C[C@H](c3ccc(CO)cc3)O2)c1. The molecule has 1 aliphatic rings. The number of rotatable bonds is 12. The van der Waals surface area contributed by atoms with E-state index in [2.05, 4.69) is 41.6 Å². The summed E-state index contributed by atoms with van der Waals surface area (Å²) < 4.78 is 18.0. The molecule has 4 aromatic carbocycles. The number of methoxy groups -OCH3 is 1. The number of nitrogens with one attached hydrogen (secondary N) is 2. The maximum Gasteiger partial charge on any atom is 0.328 e. The first-order valence-electron chi connectivity index (χ1n) is 15.9. The quantitative estimate of drug-likeness (QED) is 0.156. The molecule has 9 nitrogen and oxygen atoms in total. The third kappa shape index (κ3) is 9.27. The number of likely N-dealkylation sites (N-methyl/N-ethyl adjacent to an activating group) is 1. The number of carbonyl (C=O) groups excluding carboxylic acids is 2. The number of aliphatic hydroxyl groups excluding tert-OH is 1. The number of aliphatic hydroxyl groups is 1. The predicted molar refractivity (Wildman–Crippen MR) is 180 cm³/mol. The van der Waals surface area contributed by atoms with Crippen molar-refractivity contribution >= 4 is 17.7 Å². The molecule has 0 aliphatic carbocycles. The maximum absolute atomic E-state index is 13.0. The molecule has 9 heteroatoms. The van der Waals surface area contributed by atoms with Crippen LogP contribution in [0.15, 0.2) is 109 Å². The average molecular weight is 638 g/mol. The summed E-state index contributed by atoms with van der Waals surface area (Å²) in [5, 5.41) is 15.1. The van der Waals surface area contributed by atoms with E-state index in [4.69, 9.17) is 14.2 Å². The van der Waals surface area contributed by atoms with Gasteiger partial charge in [0.25, 0.3) is 0 Å². The van der Waals surface area contributed by atoms with Crippen LogP contribution in [-0.4, -0.2) is 54.9 Å². The first kappa shape index (κ1) is 33.8. The van der Waals surface area contributed by atoms with Gasteiger partial charge in [-0.1, -0.05) is 97.1 Å². The van der Waals surface area contributed by atoms with E-state index < -0.39 is 24.3 Å². The van der Waals surface area contributed by atoms with Crippen molar-refractivity contribution in [2.45, 2.75) is 57.0 Å². The topological polar surface area (TPSA) is 109 Å². The van der Waals surface area contributed by atoms with Crippen molar-refractivity contribution in [2.24, 2.45) is 0 Å². The number of nitrogens with zero attached hydrogens (tertiary/aromatic N) is 1. The lowest BCUT2D eigenvalue weighted by Crippen LogP contribution is -2.45. The molecule has 0 radical (unpaired) electrons. The van der Waals surface area contributed by atoms with Gasteiger partial charge >= 0.3 is 12.0 Å². The zero-order valence-corrected chi connectivity index (χ0v) is 27.0. The summed E-state index contributed by atoms with van der Waals surface area (Å²) in [6.45, 7) is 2.84. The third-order valence-corrected chi connectivity index (χ3v) is 8.54. The number of anilines is 1. The summed E-state index contributed by atoms with van der Waals surface area (Å²) in [5.41, 5.74) is 5.23. The van der Waals surface area contributed by atoms with Gasteiger partial charge in [-0.2, -0.15) is 0 Å². The zero-order valence-electron chi connectivity index (χ0n) is 27.0. The highest BCUT2D eigenvalue weighted by Gasteiger charge is 2.33. The van der Waals surface area contributed by atoms with Gasteiger partial charge in [-0.15, -0.1) is 0 Å². The van der Waals surface area contributed by atoms with E-state index in [0.717, 1.165) is 22.3 Å². The summed E-state index contributed by atoms with van der Waals surface area (Å²) in [6.07, 6.45) is -0.138. The molecule has 1 heterocycles. The van der Waals surface area contributed by atoms with E-state index in [1.165, 1.54) is 12.7 Å². The number of benzene rings is 4. The Kier molecular flexibility index (Phi) is 11.8. The van der Waals surface area contributed by atoms with Gasteiger partial charge in [0.05, 0.1) is 25.9 Å². The largest absolute Gasteiger partial charge is 0.467 e. The molecule has 2 amide bonds. The summed E-state index contributed by atoms with van der Waals surface area (Å²) in [4.78, 5) is 27.8. The maximum atomic E-state index is 13.0. The zero-order chi connectivity index (χ0) is 33.2. The van der Waals surface area contributed by atoms with Crippen LogP contribution >= 0.6 is 0 Å². The van der Waals surface area contributed by atoms with Crippen molar-refractivity contribution in [3.63, 3.8) is 0 Å². The molecule has 0 saturated carbocycles. The first-order chi connectivity index (χ1) is 22.8. The van der Waals surface area contributed by atoms with Gasteiger partial charge in [0, 0.05) is 36.7 Å². The second-order valence-corrected chi connectivity index (χ2v) is 11.9. The molecule has 5 atom stereocenters. The second-order valence-electron chi connectivity index (χ2n) is 11.9. The van der Waals surface area contributed by atoms with E-state index in [1.807, 2.05) is 91.0 Å². The Labute approximate surface area is 276 Å². The summed E-state index contributed by atoms with van der Waals surface area (Å²) in [6, 6.07) is 33.7. The van der Waals surface area contributed by atoms with Crippen LogP contribution in [0.1, 0.15) is 59.6 Å². The molecular weight excluding hydrogens is 594 g/mol. The van der Waals surface area contributed by atoms with Crippen molar-refractivity contribution in [1.82, 2.24) is 10.2 Å². The lowest BCUT2D eigenvalue weighted by molar-refractivity contribution is -0.253. The Bertz CT molecular complexity index is 1580. The van der Waals surface area contributed by atoms with Crippen molar-refractivity contribution in [3.05, 3.63) is 137 Å². The monoisotopic (exact) mass is 637 g/mol. The van der Waals surface area contributed by atoms with Crippen LogP contribution < -0.4 is 10.6 Å². The van der Waals surface area contributed by atoms with Gasteiger partial charge < -0.3 is 30.0 Å². The summed E-state index contributed by atoms with van der Waals surface area (Å²) in [5.74, 6) is -0.530. The lowest BCUT2D eigenvalue weighted by Gasteiger charge is -2.39. The molecule has 0 spiro atoms. The van der Waals surface area contributed by atoms with Crippen molar-refractivity contribution in [1.29, 1.82) is 0 Å². The highest BCUT2D eigenvalue weighted by Crippen LogP contribution is 2.39. The highest BCUT2D eigenvalue weighted by molar-refractivity contribution is 5.92. The molecule has 1 saturated heterocycles. The second kappa shape index (κ2) is 16.3. The Hall–Kier alpha value is -4.54. The minimum atomic E-state index is -0.857. The van der Waals surface area contributed by atoms with E-state index in [1.54, 1.807) is 6.07 Å². The number of urea groups is 1. The van der Waals surface area contributed by atoms with Gasteiger partial charge in [0.1, 0.15) is 6.04 Å². The van der Waals surface area contributed by atoms with E-state index in [0.29, 0.717) is 25.1 Å². The van der Waals surface area contributed by atoms with E-state index >= 15 is 0 Å². The number of hydrogen-bond acceptors (Lipinski definition) is 7. The molecule has 0 aromatic heterocycles. The number of hydrogen-bond donors (Lipinski definition) is 3. The fourth-order valence-electron chi connectivity index (χ4n) is 5.77. The van der Waals surface area contributed by atoms with Gasteiger partial charge in [-0.05, 0) is 48.4 Å². The molecule has 4 aromatic rings. The van der Waals surface area contributed by atoms with Crippen LogP contribution in [0.3, 0.4) is 0 Å². The van der Waals surface area contributed by atoms with Crippen LogP contribution in [0.4, 0.5) is 10.5 Å². The fourth-order valence-corrected chi connectivity index (χ4v) is 5.77. The Morgan fingerprint density at radius 3 is 2.28 bits per heavy atom. The molecule has 1 fully saturated rings. The Balaban J connectivity index is 1.31. The first-order valence-corrected chi connectivity index (χ1v) is 15.9. The number of ether oxygens (including phenoxy) is 3. The summed E-state index contributed by atoms with van der Waals surface area (Å²) >= 11 is 0. The van der Waals surface area contributed by atoms with E-state index in [-0.39, 0.29) is 24.9 Å². The number of amides is 2. The molecule has 1 aliphatic heterocycles. The molecule has 3 N–H and O–H groups in total. The molecule has 0 bridgehead atoms. The predicted octanol–water partition coefficient (Wildman–Crippen LogP) is 6.32. The van der Waals surface area contributed by atoms with Crippen LogP contribution in [0, 0.1) is 0 Å². The normalized spacial score (nSPS) is 19.0. The number of carbonyl (C=O) groups is 2. The van der Waals surface area contributed by atoms with Crippen LogP contribution in [0.25, 0.3) is 0 Å². The van der Waals surface area contributed by atoms with Gasteiger partial charge in [-0.25, -0.2) is 9.59 Å². The molecule has 47 heavy (non-hydrogen) atoms. The van der Waals surface area contributed by atoms with Crippen LogP contribution in [0.2, 0.25) is 0 Å². The van der Waals surface area contributed by atoms with Crippen LogP contribution in [0.5, 0.6) is 0 Å². The van der Waals surface area contributed by atoms with Crippen molar-refractivity contribution in [2.75, 3.05) is 26.0 Å². The van der Waals surface area contributed by atoms with Gasteiger partial charge in [0.2, 0.25) is 0 Å². The van der Waals surface area contributed by atoms with Gasteiger partial charge in [0.15, 0.2) is 6.29 Å². The minimum absolute atomic E-state index is 0.0255. The minimum Gasteiger partial charge on any atom is -0.467 e.